The second-order valence-corrected chi connectivity index (χ2v) is 12.1. The van der Waals surface area contributed by atoms with Crippen molar-refractivity contribution in [2.24, 2.45) is 0 Å². The minimum Gasteiger partial charge on any atom is -0.477 e. The fraction of sp³-hybridized carbons (Fsp3) is 0.345. The molecule has 1 saturated heterocycles. The zero-order valence-corrected chi connectivity index (χ0v) is 24.6. The SMILES string of the molecule is CCOc1nc(Nc2ccc(C(=O)N3CCN(C)CC3)cc2N(C)C)nc2c1ccn2S(=O)(=O)Cc1ccccc1. The molecule has 0 atom stereocenters. The summed E-state index contributed by atoms with van der Waals surface area (Å²) in [6.45, 7) is 5.25. The van der Waals surface area contributed by atoms with E-state index >= 15 is 0 Å². The zero-order chi connectivity index (χ0) is 29.1. The van der Waals surface area contributed by atoms with Gasteiger partial charge in [-0.15, -0.1) is 0 Å². The number of rotatable bonds is 9. The van der Waals surface area contributed by atoms with Crippen LogP contribution in [-0.2, 0) is 15.8 Å². The fourth-order valence-electron chi connectivity index (χ4n) is 4.80. The highest BCUT2D eigenvalue weighted by Gasteiger charge is 2.24. The van der Waals surface area contributed by atoms with Crippen LogP contribution >= 0.6 is 0 Å². The monoisotopic (exact) mass is 577 g/mol. The first-order chi connectivity index (χ1) is 19.7. The maximum absolute atomic E-state index is 13.4. The molecule has 1 amide bonds. The Morgan fingerprint density at radius 3 is 2.44 bits per heavy atom. The van der Waals surface area contributed by atoms with Gasteiger partial charge in [-0.05, 0) is 43.8 Å². The molecule has 12 heteroatoms. The number of benzene rings is 2. The fourth-order valence-corrected chi connectivity index (χ4v) is 6.20. The number of anilines is 3. The number of hydrogen-bond acceptors (Lipinski definition) is 9. The first kappa shape index (κ1) is 28.4. The molecule has 1 N–H and O–H groups in total. The van der Waals surface area contributed by atoms with Crippen molar-refractivity contribution in [2.75, 3.05) is 64.1 Å². The molecule has 2 aromatic carbocycles. The molecule has 0 spiro atoms. The summed E-state index contributed by atoms with van der Waals surface area (Å²) in [5.74, 6) is 0.270. The van der Waals surface area contributed by atoms with Gasteiger partial charge in [0.05, 0.1) is 29.1 Å². The van der Waals surface area contributed by atoms with Crippen LogP contribution in [0.5, 0.6) is 5.88 Å². The van der Waals surface area contributed by atoms with E-state index < -0.39 is 10.0 Å². The van der Waals surface area contributed by atoms with Crippen LogP contribution in [-0.4, -0.2) is 92.0 Å². The maximum Gasteiger partial charge on any atom is 0.254 e. The number of carbonyl (C=O) groups excluding carboxylic acids is 1. The Balaban J connectivity index is 1.49. The van der Waals surface area contributed by atoms with Crippen molar-refractivity contribution >= 4 is 44.3 Å². The molecule has 4 aromatic rings. The molecule has 5 rings (SSSR count). The molecule has 0 saturated carbocycles. The van der Waals surface area contributed by atoms with Crippen LogP contribution < -0.4 is 15.0 Å². The normalized spacial score (nSPS) is 14.3. The summed E-state index contributed by atoms with van der Waals surface area (Å²) in [5, 5.41) is 3.73. The quantitative estimate of drug-likeness (QED) is 0.320. The number of piperazine rings is 1. The highest BCUT2D eigenvalue weighted by atomic mass is 32.2. The maximum atomic E-state index is 13.4. The Morgan fingerprint density at radius 2 is 1.76 bits per heavy atom. The van der Waals surface area contributed by atoms with Gasteiger partial charge in [-0.2, -0.15) is 9.97 Å². The molecule has 0 unspecified atom stereocenters. The lowest BCUT2D eigenvalue weighted by Crippen LogP contribution is -2.47. The minimum atomic E-state index is -3.78. The van der Waals surface area contributed by atoms with Gasteiger partial charge in [0.1, 0.15) is 0 Å². The Labute approximate surface area is 240 Å². The van der Waals surface area contributed by atoms with E-state index in [0.717, 1.165) is 18.8 Å². The van der Waals surface area contributed by atoms with E-state index in [-0.39, 0.29) is 29.1 Å². The molecule has 2 aromatic heterocycles. The van der Waals surface area contributed by atoms with Gasteiger partial charge in [-0.3, -0.25) is 4.79 Å². The van der Waals surface area contributed by atoms with Gasteiger partial charge in [0, 0.05) is 52.0 Å². The first-order valence-electron chi connectivity index (χ1n) is 13.5. The summed E-state index contributed by atoms with van der Waals surface area (Å²) >= 11 is 0. The van der Waals surface area contributed by atoms with Crippen molar-refractivity contribution in [1.82, 2.24) is 23.7 Å². The van der Waals surface area contributed by atoms with Gasteiger partial charge in [0.2, 0.25) is 21.9 Å². The molecule has 216 valence electrons. The van der Waals surface area contributed by atoms with Crippen molar-refractivity contribution < 1.29 is 17.9 Å². The number of nitrogens with zero attached hydrogens (tertiary/aromatic N) is 6. The van der Waals surface area contributed by atoms with E-state index in [2.05, 4.69) is 27.2 Å². The number of likely N-dealkylation sites (N-methyl/N-ethyl adjacent to an activating group) is 1. The molecule has 0 radical (unpaired) electrons. The number of hydrogen-bond donors (Lipinski definition) is 1. The topological polar surface area (TPSA) is 113 Å². The Hall–Kier alpha value is -4.16. The van der Waals surface area contributed by atoms with Gasteiger partial charge in [-0.1, -0.05) is 30.3 Å². The summed E-state index contributed by atoms with van der Waals surface area (Å²) in [7, 11) is 2.06. The average molecular weight is 578 g/mol. The highest BCUT2D eigenvalue weighted by Crippen LogP contribution is 2.32. The Bertz CT molecular complexity index is 1650. The van der Waals surface area contributed by atoms with E-state index in [1.165, 1.54) is 10.2 Å². The number of carbonyl (C=O) groups is 1. The van der Waals surface area contributed by atoms with Crippen molar-refractivity contribution in [2.45, 2.75) is 12.7 Å². The third-order valence-corrected chi connectivity index (χ3v) is 8.60. The number of aromatic nitrogens is 3. The van der Waals surface area contributed by atoms with E-state index in [1.54, 1.807) is 24.3 Å². The van der Waals surface area contributed by atoms with Gasteiger partial charge in [0.15, 0.2) is 5.65 Å². The molecule has 41 heavy (non-hydrogen) atoms. The summed E-state index contributed by atoms with van der Waals surface area (Å²) in [5.41, 5.74) is 2.91. The number of amides is 1. The molecule has 0 aliphatic carbocycles. The van der Waals surface area contributed by atoms with Crippen molar-refractivity contribution in [3.8, 4) is 5.88 Å². The third-order valence-electron chi connectivity index (χ3n) is 7.01. The van der Waals surface area contributed by atoms with Crippen LogP contribution in [0.1, 0.15) is 22.8 Å². The van der Waals surface area contributed by atoms with E-state index in [9.17, 15) is 13.2 Å². The summed E-state index contributed by atoms with van der Waals surface area (Å²) in [6, 6.07) is 16.1. The lowest BCUT2D eigenvalue weighted by Gasteiger charge is -2.32. The van der Waals surface area contributed by atoms with Gasteiger partial charge >= 0.3 is 0 Å². The van der Waals surface area contributed by atoms with Crippen LogP contribution in [0.4, 0.5) is 17.3 Å². The van der Waals surface area contributed by atoms with E-state index in [0.29, 0.717) is 41.9 Å². The second-order valence-electron chi connectivity index (χ2n) is 10.2. The van der Waals surface area contributed by atoms with E-state index in [4.69, 9.17) is 4.74 Å². The second kappa shape index (κ2) is 11.8. The standard InChI is InChI=1S/C29H35N7O4S/c1-5-40-27-23-13-14-36(41(38,39)20-21-9-7-6-8-10-21)26(23)31-29(32-27)30-24-12-11-22(19-25(24)33(2)3)28(37)35-17-15-34(4)16-18-35/h6-14,19H,5,15-18,20H2,1-4H3,(H,30,31,32). The molecule has 1 fully saturated rings. The molecule has 11 nitrogen and oxygen atoms in total. The molecule has 1 aliphatic heterocycles. The number of nitrogens with one attached hydrogen (secondary N) is 1. The van der Waals surface area contributed by atoms with Crippen LogP contribution in [0.25, 0.3) is 11.0 Å². The highest BCUT2D eigenvalue weighted by molar-refractivity contribution is 7.89. The first-order valence-corrected chi connectivity index (χ1v) is 15.1. The van der Waals surface area contributed by atoms with Crippen LogP contribution in [0.15, 0.2) is 60.8 Å². The van der Waals surface area contributed by atoms with Gasteiger partial charge < -0.3 is 24.8 Å². The lowest BCUT2D eigenvalue weighted by atomic mass is 10.1. The number of ether oxygens (including phenoxy) is 1. The predicted molar refractivity (Wildman–Crippen MR) is 161 cm³/mol. The molecule has 3 heterocycles. The third kappa shape index (κ3) is 6.13. The smallest absolute Gasteiger partial charge is 0.254 e. The molecular formula is C29H35N7O4S. The number of fused-ring (bicyclic) bond motifs is 1. The average Bonchev–Trinajstić information content (AvgIpc) is 3.39. The van der Waals surface area contributed by atoms with Crippen LogP contribution in [0, 0.1) is 0 Å². The summed E-state index contributed by atoms with van der Waals surface area (Å²) in [6.07, 6.45) is 1.48. The van der Waals surface area contributed by atoms with Crippen LogP contribution in [0.3, 0.4) is 0 Å². The van der Waals surface area contributed by atoms with E-state index in [1.807, 2.05) is 61.2 Å². The van der Waals surface area contributed by atoms with Crippen LogP contribution in [0.2, 0.25) is 0 Å². The molecule has 1 aliphatic rings. The van der Waals surface area contributed by atoms with Crippen molar-refractivity contribution in [1.29, 1.82) is 0 Å². The lowest BCUT2D eigenvalue weighted by molar-refractivity contribution is 0.0664. The molecular weight excluding hydrogens is 542 g/mol. The Morgan fingerprint density at radius 1 is 1.02 bits per heavy atom. The summed E-state index contributed by atoms with van der Waals surface area (Å²) in [4.78, 5) is 28.4. The van der Waals surface area contributed by atoms with Crippen molar-refractivity contribution in [3.63, 3.8) is 0 Å². The minimum absolute atomic E-state index is 0.00879. The predicted octanol–water partition coefficient (Wildman–Crippen LogP) is 3.41. The molecule has 0 bridgehead atoms. The summed E-state index contributed by atoms with van der Waals surface area (Å²) < 4.78 is 33.8. The zero-order valence-electron chi connectivity index (χ0n) is 23.7. The largest absolute Gasteiger partial charge is 0.477 e. The Kier molecular flexibility index (Phi) is 8.13. The van der Waals surface area contributed by atoms with Gasteiger partial charge in [0.25, 0.3) is 5.91 Å². The van der Waals surface area contributed by atoms with Gasteiger partial charge in [-0.25, -0.2) is 12.4 Å². The van der Waals surface area contributed by atoms with Crippen molar-refractivity contribution in [3.05, 3.63) is 71.9 Å².